The standard InChI is InChI=1S/C30H30FN5O3/c1-4-37-23-13-21(28(31)27(15-23)38-18(2)3)17-36(22-11-9-19(10-12-22)29(32)33)30-34-16-24(35-30)26-14-20-7-5-6-8-25(20)39-26/h5-16,18H,4,17H2,1-3H3,(H3,32,33)(H,34,35). The molecule has 39 heavy (non-hydrogen) atoms. The largest absolute Gasteiger partial charge is 0.494 e. The van der Waals surface area contributed by atoms with Gasteiger partial charge in [-0.3, -0.25) is 5.41 Å². The molecule has 5 aromatic rings. The first-order valence-electron chi connectivity index (χ1n) is 12.7. The first-order valence-corrected chi connectivity index (χ1v) is 12.7. The van der Waals surface area contributed by atoms with E-state index in [1.165, 1.54) is 0 Å². The molecule has 9 heteroatoms. The van der Waals surface area contributed by atoms with Gasteiger partial charge in [-0.15, -0.1) is 0 Å². The zero-order valence-electron chi connectivity index (χ0n) is 22.0. The molecule has 0 aliphatic heterocycles. The number of para-hydroxylation sites is 1. The zero-order chi connectivity index (χ0) is 27.5. The number of amidine groups is 1. The van der Waals surface area contributed by atoms with Crippen molar-refractivity contribution in [3.05, 3.63) is 89.9 Å². The molecule has 0 radical (unpaired) electrons. The number of benzene rings is 3. The molecule has 0 bridgehead atoms. The third-order valence-corrected chi connectivity index (χ3v) is 6.09. The van der Waals surface area contributed by atoms with E-state index in [0.29, 0.717) is 40.9 Å². The fourth-order valence-electron chi connectivity index (χ4n) is 4.30. The van der Waals surface area contributed by atoms with E-state index in [4.69, 9.17) is 25.0 Å². The average molecular weight is 528 g/mol. The summed E-state index contributed by atoms with van der Waals surface area (Å²) in [5.74, 6) is 1.25. The molecule has 0 fully saturated rings. The first kappa shape index (κ1) is 25.8. The third-order valence-electron chi connectivity index (χ3n) is 6.09. The van der Waals surface area contributed by atoms with Gasteiger partial charge in [0.15, 0.2) is 17.3 Å². The van der Waals surface area contributed by atoms with Crippen LogP contribution >= 0.6 is 0 Å². The van der Waals surface area contributed by atoms with Crippen molar-refractivity contribution in [2.75, 3.05) is 11.5 Å². The van der Waals surface area contributed by atoms with Gasteiger partial charge in [0.2, 0.25) is 5.95 Å². The molecule has 0 unspecified atom stereocenters. The zero-order valence-corrected chi connectivity index (χ0v) is 22.0. The molecule has 200 valence electrons. The second-order valence-corrected chi connectivity index (χ2v) is 9.31. The molecule has 5 rings (SSSR count). The van der Waals surface area contributed by atoms with Crippen LogP contribution in [0.5, 0.6) is 11.5 Å². The summed E-state index contributed by atoms with van der Waals surface area (Å²) < 4.78 is 33.2. The minimum Gasteiger partial charge on any atom is -0.494 e. The fraction of sp³-hybridized carbons (Fsp3) is 0.200. The quantitative estimate of drug-likeness (QED) is 0.136. The van der Waals surface area contributed by atoms with E-state index in [1.807, 2.05) is 68.1 Å². The van der Waals surface area contributed by atoms with E-state index < -0.39 is 5.82 Å². The van der Waals surface area contributed by atoms with Gasteiger partial charge in [-0.05, 0) is 63.2 Å². The number of ether oxygens (including phenoxy) is 2. The number of halogens is 1. The van der Waals surface area contributed by atoms with Gasteiger partial charge in [-0.2, -0.15) is 0 Å². The van der Waals surface area contributed by atoms with Crippen molar-refractivity contribution in [3.8, 4) is 23.0 Å². The number of nitrogens with one attached hydrogen (secondary N) is 2. The minimum atomic E-state index is -0.471. The van der Waals surface area contributed by atoms with E-state index in [1.54, 1.807) is 30.5 Å². The number of nitrogens with zero attached hydrogens (tertiary/aromatic N) is 2. The molecule has 0 spiro atoms. The topological polar surface area (TPSA) is 113 Å². The van der Waals surface area contributed by atoms with Gasteiger partial charge in [0, 0.05) is 28.3 Å². The summed E-state index contributed by atoms with van der Waals surface area (Å²) in [6, 6.07) is 20.1. The molecule has 2 aromatic heterocycles. The first-order chi connectivity index (χ1) is 18.8. The van der Waals surface area contributed by atoms with Gasteiger partial charge in [0.25, 0.3) is 0 Å². The lowest BCUT2D eigenvalue weighted by Gasteiger charge is -2.24. The van der Waals surface area contributed by atoms with Crippen LogP contribution in [0, 0.1) is 11.2 Å². The number of hydrogen-bond donors (Lipinski definition) is 3. The van der Waals surface area contributed by atoms with E-state index in [0.717, 1.165) is 16.7 Å². The Labute approximate surface area is 225 Å². The van der Waals surface area contributed by atoms with Crippen molar-refractivity contribution in [3.63, 3.8) is 0 Å². The summed E-state index contributed by atoms with van der Waals surface area (Å²) >= 11 is 0. The SMILES string of the molecule is CCOc1cc(CN(c2ccc(C(=N)N)cc2)c2ncc(-c3cc4ccccc4o3)[nH]2)c(F)c(OC(C)C)c1. The van der Waals surface area contributed by atoms with Gasteiger partial charge in [0.05, 0.1) is 25.5 Å². The van der Waals surface area contributed by atoms with Crippen LogP contribution in [0.3, 0.4) is 0 Å². The van der Waals surface area contributed by atoms with E-state index in [2.05, 4.69) is 9.97 Å². The number of imidazole rings is 1. The van der Waals surface area contributed by atoms with Gasteiger partial charge in [-0.1, -0.05) is 18.2 Å². The lowest BCUT2D eigenvalue weighted by molar-refractivity contribution is 0.228. The molecule has 2 heterocycles. The summed E-state index contributed by atoms with van der Waals surface area (Å²) in [5, 5.41) is 8.71. The van der Waals surface area contributed by atoms with Gasteiger partial charge >= 0.3 is 0 Å². The van der Waals surface area contributed by atoms with Crippen LogP contribution in [0.2, 0.25) is 0 Å². The molecule has 0 aliphatic rings. The maximum absolute atomic E-state index is 15.7. The number of aromatic nitrogens is 2. The Morgan fingerprint density at radius 2 is 1.90 bits per heavy atom. The van der Waals surface area contributed by atoms with Gasteiger partial charge in [0.1, 0.15) is 22.9 Å². The molecule has 8 nitrogen and oxygen atoms in total. The lowest BCUT2D eigenvalue weighted by atomic mass is 10.1. The number of rotatable bonds is 10. The number of nitrogen functional groups attached to an aromatic ring is 1. The lowest BCUT2D eigenvalue weighted by Crippen LogP contribution is -2.20. The highest BCUT2D eigenvalue weighted by molar-refractivity contribution is 5.95. The van der Waals surface area contributed by atoms with Gasteiger partial charge < -0.3 is 29.5 Å². The fourth-order valence-corrected chi connectivity index (χ4v) is 4.30. The van der Waals surface area contributed by atoms with Crippen LogP contribution in [0.1, 0.15) is 31.9 Å². The normalized spacial score (nSPS) is 11.2. The van der Waals surface area contributed by atoms with Crippen molar-refractivity contribution in [2.24, 2.45) is 5.73 Å². The second-order valence-electron chi connectivity index (χ2n) is 9.31. The number of hydrogen-bond acceptors (Lipinski definition) is 6. The predicted octanol–water partition coefficient (Wildman–Crippen LogP) is 6.77. The van der Waals surface area contributed by atoms with Crippen LogP contribution in [0.25, 0.3) is 22.4 Å². The number of nitrogens with two attached hydrogens (primary N) is 1. The highest BCUT2D eigenvalue weighted by atomic mass is 19.1. The van der Waals surface area contributed by atoms with Gasteiger partial charge in [-0.25, -0.2) is 9.37 Å². The van der Waals surface area contributed by atoms with Crippen LogP contribution in [0.4, 0.5) is 16.0 Å². The number of H-pyrrole nitrogens is 1. The molecule has 3 aromatic carbocycles. The Kier molecular flexibility index (Phi) is 7.23. The maximum atomic E-state index is 15.7. The predicted molar refractivity (Wildman–Crippen MR) is 150 cm³/mol. The average Bonchev–Trinajstić information content (AvgIpc) is 3.57. The summed E-state index contributed by atoms with van der Waals surface area (Å²) in [6.45, 7) is 6.11. The smallest absolute Gasteiger partial charge is 0.208 e. The van der Waals surface area contributed by atoms with Crippen LogP contribution < -0.4 is 20.1 Å². The minimum absolute atomic E-state index is 0.0378. The molecular weight excluding hydrogens is 497 g/mol. The maximum Gasteiger partial charge on any atom is 0.208 e. The van der Waals surface area contributed by atoms with E-state index in [9.17, 15) is 0 Å². The Morgan fingerprint density at radius 3 is 2.59 bits per heavy atom. The highest BCUT2D eigenvalue weighted by Gasteiger charge is 2.21. The second kappa shape index (κ2) is 10.9. The van der Waals surface area contributed by atoms with Crippen molar-refractivity contribution in [1.82, 2.24) is 9.97 Å². The number of fused-ring (bicyclic) bond motifs is 1. The van der Waals surface area contributed by atoms with Crippen LogP contribution in [-0.2, 0) is 6.54 Å². The Bertz CT molecular complexity index is 1570. The Hall–Kier alpha value is -4.79. The van der Waals surface area contributed by atoms with E-state index >= 15 is 4.39 Å². The summed E-state index contributed by atoms with van der Waals surface area (Å²) in [6.07, 6.45) is 1.47. The molecular formula is C30H30FN5O3. The van der Waals surface area contributed by atoms with E-state index in [-0.39, 0.29) is 24.2 Å². The van der Waals surface area contributed by atoms with Crippen molar-refractivity contribution in [1.29, 1.82) is 5.41 Å². The molecule has 0 atom stereocenters. The third kappa shape index (κ3) is 5.57. The van der Waals surface area contributed by atoms with Crippen molar-refractivity contribution < 1.29 is 18.3 Å². The molecule has 0 aliphatic carbocycles. The molecule has 0 saturated carbocycles. The number of aromatic amines is 1. The monoisotopic (exact) mass is 527 g/mol. The van der Waals surface area contributed by atoms with Crippen LogP contribution in [0.15, 0.2) is 77.3 Å². The number of furan rings is 1. The molecule has 0 saturated heterocycles. The van der Waals surface area contributed by atoms with Crippen LogP contribution in [-0.4, -0.2) is 28.5 Å². The van der Waals surface area contributed by atoms with Crippen molar-refractivity contribution in [2.45, 2.75) is 33.4 Å². The Morgan fingerprint density at radius 1 is 1.13 bits per heavy atom. The number of anilines is 2. The summed E-state index contributed by atoms with van der Waals surface area (Å²) in [5.41, 5.74) is 8.78. The highest BCUT2D eigenvalue weighted by Crippen LogP contribution is 2.34. The molecule has 0 amide bonds. The molecule has 4 N–H and O–H groups in total. The van der Waals surface area contributed by atoms with Crippen molar-refractivity contribution >= 4 is 28.4 Å². The summed E-state index contributed by atoms with van der Waals surface area (Å²) in [7, 11) is 0. The Balaban J connectivity index is 1.56. The summed E-state index contributed by atoms with van der Waals surface area (Å²) in [4.78, 5) is 9.77.